The average Bonchev–Trinajstić information content (AvgIpc) is 2.42. The van der Waals surface area contributed by atoms with Gasteiger partial charge in [-0.15, -0.1) is 0 Å². The highest BCUT2D eigenvalue weighted by Gasteiger charge is 2.20. The Kier molecular flexibility index (Phi) is 4.35. The van der Waals surface area contributed by atoms with Crippen molar-refractivity contribution in [2.75, 3.05) is 7.11 Å². The zero-order chi connectivity index (χ0) is 14.9. The predicted molar refractivity (Wildman–Crippen MR) is 73.0 cm³/mol. The van der Waals surface area contributed by atoms with E-state index in [-0.39, 0.29) is 5.56 Å². The van der Waals surface area contributed by atoms with Crippen LogP contribution in [0.4, 0.5) is 13.2 Å². The lowest BCUT2D eigenvalue weighted by molar-refractivity contribution is 0.406. The third-order valence-corrected chi connectivity index (χ3v) is 3.40. The monoisotopic (exact) mass is 345 g/mol. The van der Waals surface area contributed by atoms with Crippen molar-refractivity contribution in [2.24, 2.45) is 5.73 Å². The Bertz CT molecular complexity index is 649. The lowest BCUT2D eigenvalue weighted by atomic mass is 9.98. The second kappa shape index (κ2) is 5.85. The van der Waals surface area contributed by atoms with Gasteiger partial charge in [-0.1, -0.05) is 22.0 Å². The summed E-state index contributed by atoms with van der Waals surface area (Å²) in [6.45, 7) is 0. The Hall–Kier alpha value is -1.53. The SMILES string of the molecule is COc1cc(Br)ccc1C(N)c1cc(F)c(F)cc1F. The average molecular weight is 346 g/mol. The van der Waals surface area contributed by atoms with Crippen LogP contribution in [0, 0.1) is 17.5 Å². The van der Waals surface area contributed by atoms with Crippen molar-refractivity contribution in [1.82, 2.24) is 0 Å². The fourth-order valence-corrected chi connectivity index (χ4v) is 2.23. The molecule has 0 spiro atoms. The molecule has 20 heavy (non-hydrogen) atoms. The number of benzene rings is 2. The molecule has 0 aliphatic rings. The van der Waals surface area contributed by atoms with Crippen molar-refractivity contribution in [3.8, 4) is 5.75 Å². The van der Waals surface area contributed by atoms with Crippen LogP contribution < -0.4 is 10.5 Å². The molecule has 2 nitrogen and oxygen atoms in total. The Morgan fingerprint density at radius 2 is 1.65 bits per heavy atom. The van der Waals surface area contributed by atoms with E-state index in [1.807, 2.05) is 0 Å². The molecule has 0 amide bonds. The molecule has 0 radical (unpaired) electrons. The first-order valence-corrected chi connectivity index (χ1v) is 6.46. The molecule has 0 aliphatic carbocycles. The zero-order valence-corrected chi connectivity index (χ0v) is 12.0. The highest BCUT2D eigenvalue weighted by molar-refractivity contribution is 9.10. The van der Waals surface area contributed by atoms with Gasteiger partial charge in [-0.05, 0) is 18.2 Å². The molecule has 0 fully saturated rings. The fraction of sp³-hybridized carbons (Fsp3) is 0.143. The molecule has 106 valence electrons. The molecule has 0 bridgehead atoms. The van der Waals surface area contributed by atoms with Gasteiger partial charge >= 0.3 is 0 Å². The summed E-state index contributed by atoms with van der Waals surface area (Å²) in [7, 11) is 1.44. The molecule has 1 atom stereocenters. The molecule has 0 saturated heterocycles. The van der Waals surface area contributed by atoms with Crippen molar-refractivity contribution in [3.05, 3.63) is 63.4 Å². The van der Waals surface area contributed by atoms with Crippen molar-refractivity contribution in [1.29, 1.82) is 0 Å². The Morgan fingerprint density at radius 3 is 2.30 bits per heavy atom. The first-order chi connectivity index (χ1) is 9.43. The molecule has 2 aromatic carbocycles. The quantitative estimate of drug-likeness (QED) is 0.855. The van der Waals surface area contributed by atoms with Crippen LogP contribution in [0.2, 0.25) is 0 Å². The van der Waals surface area contributed by atoms with Gasteiger partial charge in [-0.3, -0.25) is 0 Å². The number of ether oxygens (including phenoxy) is 1. The molecular formula is C14H11BrF3NO. The van der Waals surface area contributed by atoms with Gasteiger partial charge in [-0.2, -0.15) is 0 Å². The Balaban J connectivity index is 2.51. The molecule has 6 heteroatoms. The molecule has 2 rings (SSSR count). The van der Waals surface area contributed by atoms with E-state index in [4.69, 9.17) is 10.5 Å². The molecule has 0 aliphatic heterocycles. The number of hydrogen-bond acceptors (Lipinski definition) is 2. The van der Waals surface area contributed by atoms with E-state index in [0.717, 1.165) is 10.5 Å². The first kappa shape index (κ1) is 14.9. The molecule has 0 saturated carbocycles. The summed E-state index contributed by atoms with van der Waals surface area (Å²) in [6.07, 6.45) is 0. The van der Waals surface area contributed by atoms with Crippen molar-refractivity contribution in [2.45, 2.75) is 6.04 Å². The maximum absolute atomic E-state index is 13.7. The van der Waals surface area contributed by atoms with Gasteiger partial charge in [0.2, 0.25) is 0 Å². The second-order valence-corrected chi connectivity index (χ2v) is 5.07. The van der Waals surface area contributed by atoms with E-state index in [2.05, 4.69) is 15.9 Å². The second-order valence-electron chi connectivity index (χ2n) is 4.15. The summed E-state index contributed by atoms with van der Waals surface area (Å²) in [5.74, 6) is -2.87. The van der Waals surface area contributed by atoms with Crippen LogP contribution in [0.15, 0.2) is 34.8 Å². The van der Waals surface area contributed by atoms with Crippen molar-refractivity contribution >= 4 is 15.9 Å². The summed E-state index contributed by atoms with van der Waals surface area (Å²) >= 11 is 3.27. The highest BCUT2D eigenvalue weighted by Crippen LogP contribution is 2.32. The topological polar surface area (TPSA) is 35.2 Å². The van der Waals surface area contributed by atoms with Gasteiger partial charge in [0, 0.05) is 21.7 Å². The van der Waals surface area contributed by atoms with Crippen LogP contribution in [-0.2, 0) is 0 Å². The minimum Gasteiger partial charge on any atom is -0.496 e. The highest BCUT2D eigenvalue weighted by atomic mass is 79.9. The molecule has 0 aromatic heterocycles. The Labute approximate surface area is 122 Å². The number of nitrogens with two attached hydrogens (primary N) is 1. The van der Waals surface area contributed by atoms with E-state index < -0.39 is 23.5 Å². The van der Waals surface area contributed by atoms with Gasteiger partial charge in [0.15, 0.2) is 11.6 Å². The van der Waals surface area contributed by atoms with Crippen molar-refractivity contribution < 1.29 is 17.9 Å². The molecule has 2 N–H and O–H groups in total. The minimum atomic E-state index is -1.25. The number of hydrogen-bond donors (Lipinski definition) is 1. The van der Waals surface area contributed by atoms with Crippen LogP contribution in [0.25, 0.3) is 0 Å². The van der Waals surface area contributed by atoms with Crippen LogP contribution in [0.5, 0.6) is 5.75 Å². The summed E-state index contributed by atoms with van der Waals surface area (Å²) < 4.78 is 45.9. The largest absolute Gasteiger partial charge is 0.496 e. The summed E-state index contributed by atoms with van der Waals surface area (Å²) in [5.41, 5.74) is 6.28. The Morgan fingerprint density at radius 1 is 1.00 bits per heavy atom. The standard InChI is InChI=1S/C14H11BrF3NO/c1-20-13-4-7(15)2-3-8(13)14(19)9-5-11(17)12(18)6-10(9)16/h2-6,14H,19H2,1H3. The van der Waals surface area contributed by atoms with Crippen LogP contribution in [0.3, 0.4) is 0 Å². The zero-order valence-electron chi connectivity index (χ0n) is 10.5. The first-order valence-electron chi connectivity index (χ1n) is 5.67. The van der Waals surface area contributed by atoms with Gasteiger partial charge in [0.25, 0.3) is 0 Å². The van der Waals surface area contributed by atoms with Crippen LogP contribution >= 0.6 is 15.9 Å². The normalized spacial score (nSPS) is 12.3. The van der Waals surface area contributed by atoms with Gasteiger partial charge in [0.1, 0.15) is 11.6 Å². The van der Waals surface area contributed by atoms with Gasteiger partial charge in [0.05, 0.1) is 13.2 Å². The van der Waals surface area contributed by atoms with Gasteiger partial charge < -0.3 is 10.5 Å². The molecule has 0 heterocycles. The third-order valence-electron chi connectivity index (χ3n) is 2.91. The molecule has 1 unspecified atom stereocenters. The van der Waals surface area contributed by atoms with E-state index >= 15 is 0 Å². The maximum Gasteiger partial charge on any atom is 0.161 e. The maximum atomic E-state index is 13.7. The lowest BCUT2D eigenvalue weighted by Gasteiger charge is -2.17. The van der Waals surface area contributed by atoms with Crippen LogP contribution in [0.1, 0.15) is 17.2 Å². The van der Waals surface area contributed by atoms with E-state index in [9.17, 15) is 13.2 Å². The molecular weight excluding hydrogens is 335 g/mol. The predicted octanol–water partition coefficient (Wildman–Crippen LogP) is 3.92. The minimum absolute atomic E-state index is 0.135. The smallest absolute Gasteiger partial charge is 0.161 e. The van der Waals surface area contributed by atoms with E-state index in [1.165, 1.54) is 7.11 Å². The lowest BCUT2D eigenvalue weighted by Crippen LogP contribution is -2.15. The van der Waals surface area contributed by atoms with Crippen LogP contribution in [-0.4, -0.2) is 7.11 Å². The number of rotatable bonds is 3. The van der Waals surface area contributed by atoms with E-state index in [0.29, 0.717) is 17.4 Å². The summed E-state index contributed by atoms with van der Waals surface area (Å²) in [6, 6.07) is 5.27. The van der Waals surface area contributed by atoms with Gasteiger partial charge in [-0.25, -0.2) is 13.2 Å². The fourth-order valence-electron chi connectivity index (χ4n) is 1.89. The third kappa shape index (κ3) is 2.81. The van der Waals surface area contributed by atoms with E-state index in [1.54, 1.807) is 18.2 Å². The molecule has 2 aromatic rings. The summed E-state index contributed by atoms with van der Waals surface area (Å²) in [5, 5.41) is 0. The number of methoxy groups -OCH3 is 1. The summed E-state index contributed by atoms with van der Waals surface area (Å²) in [4.78, 5) is 0. The van der Waals surface area contributed by atoms with Crippen molar-refractivity contribution in [3.63, 3.8) is 0 Å². The number of halogens is 4.